The quantitative estimate of drug-likeness (QED) is 0.111. The number of hydrogen-bond donors (Lipinski definition) is 5. The van der Waals surface area contributed by atoms with Crippen LogP contribution in [0, 0.1) is 5.41 Å². The number of likely N-dealkylation sites (tertiary alicyclic amines) is 1. The molecule has 0 aromatic heterocycles. The van der Waals surface area contributed by atoms with Crippen molar-refractivity contribution in [3.05, 3.63) is 41.7 Å². The number of amides is 5. The number of ether oxygens (including phenoxy) is 1. The van der Waals surface area contributed by atoms with Gasteiger partial charge in [-0.3, -0.25) is 38.6 Å². The van der Waals surface area contributed by atoms with Crippen LogP contribution in [-0.2, 0) is 28.8 Å². The number of Topliss-reactive ketones (excluding diaryl/α,β-unsaturated/α-hetero) is 2. The molecule has 1 aromatic rings. The summed E-state index contributed by atoms with van der Waals surface area (Å²) >= 11 is 0. The van der Waals surface area contributed by atoms with Crippen LogP contribution in [0.4, 0.5) is 0 Å². The summed E-state index contributed by atoms with van der Waals surface area (Å²) in [6, 6.07) is 3.11. The highest BCUT2D eigenvalue weighted by Crippen LogP contribution is 2.42. The molecule has 1 saturated carbocycles. The first kappa shape index (κ1) is 37.7. The number of nitrogens with one attached hydrogen (secondary N) is 4. The average Bonchev–Trinajstić information content (AvgIpc) is 3.81. The van der Waals surface area contributed by atoms with Crippen molar-refractivity contribution in [2.45, 2.75) is 103 Å². The lowest BCUT2D eigenvalue weighted by molar-refractivity contribution is -0.145. The monoisotopic (exact) mass is 693 g/mol. The number of carbonyl (C=O) groups excluding carboxylic acids is 7. The van der Waals surface area contributed by atoms with Gasteiger partial charge in [0.2, 0.25) is 23.5 Å². The van der Waals surface area contributed by atoms with Crippen LogP contribution in [0.5, 0.6) is 5.75 Å². The molecule has 4 atom stereocenters. The van der Waals surface area contributed by atoms with E-state index in [1.54, 1.807) is 52.0 Å². The van der Waals surface area contributed by atoms with Crippen molar-refractivity contribution in [3.63, 3.8) is 0 Å². The summed E-state index contributed by atoms with van der Waals surface area (Å²) in [6.45, 7) is 7.96. The molecule has 1 aromatic carbocycles. The zero-order valence-corrected chi connectivity index (χ0v) is 29.2. The van der Waals surface area contributed by atoms with Crippen LogP contribution in [0.2, 0.25) is 0 Å². The predicted molar refractivity (Wildman–Crippen MR) is 183 cm³/mol. The highest BCUT2D eigenvalue weighted by molar-refractivity contribution is 6.38. The number of ketones is 2. The smallest absolute Gasteiger partial charge is 0.289 e. The lowest BCUT2D eigenvalue weighted by Gasteiger charge is -2.37. The zero-order valence-electron chi connectivity index (χ0n) is 29.2. The first-order valence-corrected chi connectivity index (χ1v) is 16.9. The maximum atomic E-state index is 14.5. The number of nitrogens with two attached hydrogens (primary N) is 1. The molecule has 1 saturated heterocycles. The van der Waals surface area contributed by atoms with Gasteiger partial charge in [0, 0.05) is 18.7 Å². The molecule has 50 heavy (non-hydrogen) atoms. The van der Waals surface area contributed by atoms with Crippen molar-refractivity contribution in [1.29, 1.82) is 0 Å². The van der Waals surface area contributed by atoms with Crippen LogP contribution in [0.15, 0.2) is 41.2 Å². The molecule has 6 N–H and O–H groups in total. The van der Waals surface area contributed by atoms with Crippen LogP contribution in [-0.4, -0.2) is 95.1 Å². The molecule has 270 valence electrons. The van der Waals surface area contributed by atoms with Crippen molar-refractivity contribution in [1.82, 2.24) is 26.2 Å². The fourth-order valence-electron chi connectivity index (χ4n) is 6.03. The molecular formula is C35H47N7O8. The number of benzene rings is 1. The third-order valence-corrected chi connectivity index (χ3v) is 8.78. The van der Waals surface area contributed by atoms with Gasteiger partial charge in [-0.15, -0.1) is 0 Å². The van der Waals surface area contributed by atoms with E-state index in [0.29, 0.717) is 17.7 Å². The minimum Gasteiger partial charge on any atom is -0.484 e. The van der Waals surface area contributed by atoms with Crippen molar-refractivity contribution >= 4 is 47.3 Å². The van der Waals surface area contributed by atoms with E-state index in [0.717, 1.165) is 19.0 Å². The Morgan fingerprint density at radius 2 is 1.80 bits per heavy atom. The Hall–Kier alpha value is -5.08. The first-order chi connectivity index (χ1) is 23.6. The Kier molecular flexibility index (Phi) is 11.8. The summed E-state index contributed by atoms with van der Waals surface area (Å²) in [6.07, 6.45) is 4.61. The summed E-state index contributed by atoms with van der Waals surface area (Å²) in [5.41, 5.74) is 3.68. The SMILES string of the molecule is CC=N/C=C(\N)C(=O)NCC(=O)NC(C(=O)N1CC2(CC(=O)c3ccccc3O2)CC1C(=O)NC(CCC)C(=O)C(=O)NC1CC1)C(C)(C)C. The molecule has 15 nitrogen and oxygen atoms in total. The number of rotatable bonds is 13. The largest absolute Gasteiger partial charge is 0.484 e. The van der Waals surface area contributed by atoms with E-state index in [9.17, 15) is 33.6 Å². The maximum Gasteiger partial charge on any atom is 0.289 e. The summed E-state index contributed by atoms with van der Waals surface area (Å²) in [5.74, 6) is -4.21. The van der Waals surface area contributed by atoms with Crippen LogP contribution in [0.1, 0.15) is 83.5 Å². The Morgan fingerprint density at radius 1 is 1.10 bits per heavy atom. The zero-order chi connectivity index (χ0) is 36.8. The Bertz CT molecular complexity index is 1590. The van der Waals surface area contributed by atoms with Gasteiger partial charge < -0.3 is 36.6 Å². The minimum absolute atomic E-state index is 0.0574. The molecule has 1 spiro atoms. The van der Waals surface area contributed by atoms with Gasteiger partial charge in [-0.05, 0) is 43.7 Å². The molecular weight excluding hydrogens is 646 g/mol. The average molecular weight is 694 g/mol. The number of hydrogen-bond acceptors (Lipinski definition) is 10. The lowest BCUT2D eigenvalue weighted by Crippen LogP contribution is -2.60. The van der Waals surface area contributed by atoms with E-state index in [1.165, 1.54) is 11.1 Å². The van der Waals surface area contributed by atoms with Gasteiger partial charge in [-0.2, -0.15) is 0 Å². The van der Waals surface area contributed by atoms with Gasteiger partial charge >= 0.3 is 0 Å². The van der Waals surface area contributed by atoms with Gasteiger partial charge in [0.25, 0.3) is 11.8 Å². The third kappa shape index (κ3) is 9.12. The molecule has 5 amide bonds. The van der Waals surface area contributed by atoms with E-state index < -0.39 is 71.0 Å². The normalized spacial score (nSPS) is 21.5. The molecule has 4 unspecified atom stereocenters. The van der Waals surface area contributed by atoms with E-state index in [2.05, 4.69) is 26.3 Å². The van der Waals surface area contributed by atoms with E-state index in [4.69, 9.17) is 10.5 Å². The van der Waals surface area contributed by atoms with Gasteiger partial charge in [-0.1, -0.05) is 46.2 Å². The van der Waals surface area contributed by atoms with Crippen LogP contribution in [0.25, 0.3) is 0 Å². The van der Waals surface area contributed by atoms with Crippen LogP contribution in [0.3, 0.4) is 0 Å². The van der Waals surface area contributed by atoms with Crippen molar-refractivity contribution < 1.29 is 38.3 Å². The third-order valence-electron chi connectivity index (χ3n) is 8.78. The lowest BCUT2D eigenvalue weighted by atomic mass is 9.85. The minimum atomic E-state index is -1.28. The molecule has 0 bridgehead atoms. The first-order valence-electron chi connectivity index (χ1n) is 16.9. The van der Waals surface area contributed by atoms with E-state index in [-0.39, 0.29) is 43.3 Å². The second kappa shape index (κ2) is 15.6. The highest BCUT2D eigenvalue weighted by Gasteiger charge is 2.55. The van der Waals surface area contributed by atoms with Gasteiger partial charge in [-0.25, -0.2) is 0 Å². The summed E-state index contributed by atoms with van der Waals surface area (Å²) in [5, 5.41) is 10.4. The van der Waals surface area contributed by atoms with Gasteiger partial charge in [0.05, 0.1) is 37.3 Å². The Morgan fingerprint density at radius 3 is 2.44 bits per heavy atom. The van der Waals surface area contributed by atoms with Crippen molar-refractivity contribution in [3.8, 4) is 5.75 Å². The number of para-hydroxylation sites is 1. The fraction of sp³-hybridized carbons (Fsp3) is 0.543. The number of carbonyl (C=O) groups is 7. The second-order valence-electron chi connectivity index (χ2n) is 14.1. The Labute approximate surface area is 291 Å². The van der Waals surface area contributed by atoms with Gasteiger partial charge in [0.15, 0.2) is 5.78 Å². The molecule has 0 radical (unpaired) electrons. The summed E-state index contributed by atoms with van der Waals surface area (Å²) in [4.78, 5) is 98.0. The number of nitrogens with zero attached hydrogens (tertiary/aromatic N) is 2. The fourth-order valence-corrected chi connectivity index (χ4v) is 6.03. The molecule has 2 fully saturated rings. The van der Waals surface area contributed by atoms with Crippen LogP contribution < -0.4 is 31.7 Å². The molecule has 4 rings (SSSR count). The number of fused-ring (bicyclic) bond motifs is 1. The summed E-state index contributed by atoms with van der Waals surface area (Å²) < 4.78 is 6.37. The topological polar surface area (TPSA) is 218 Å². The van der Waals surface area contributed by atoms with Crippen molar-refractivity contribution in [2.24, 2.45) is 16.1 Å². The molecule has 1 aliphatic carbocycles. The van der Waals surface area contributed by atoms with Gasteiger partial charge in [0.1, 0.15) is 29.1 Å². The maximum absolute atomic E-state index is 14.5. The standard InChI is InChI=1S/C35H47N7O8/c1-6-10-23(28(45)32(48)39-20-13-14-20)40-31(47)24-15-35(16-25(43)21-11-8-9-12-26(21)50-35)19-42(24)33(49)29(34(3,4)5)41-27(44)18-38-30(46)22(36)17-37-7-2/h7-9,11-12,17,20,23-24,29H,6,10,13-16,18-19,36H2,1-5H3,(H,38,46)(H,39,48)(H,40,47)(H,41,44)/b22-17-,37-7?. The molecule has 2 heterocycles. The Balaban J connectivity index is 1.60. The molecule has 3 aliphatic rings. The summed E-state index contributed by atoms with van der Waals surface area (Å²) in [7, 11) is 0. The predicted octanol–water partition coefficient (Wildman–Crippen LogP) is 0.662. The van der Waals surface area contributed by atoms with Crippen LogP contribution >= 0.6 is 0 Å². The molecule has 2 aliphatic heterocycles. The second-order valence-corrected chi connectivity index (χ2v) is 14.1. The number of aliphatic imine (C=N–C) groups is 1. The van der Waals surface area contributed by atoms with Crippen molar-refractivity contribution in [2.75, 3.05) is 13.1 Å². The highest BCUT2D eigenvalue weighted by atomic mass is 16.5. The van der Waals surface area contributed by atoms with E-state index >= 15 is 0 Å². The molecule has 15 heteroatoms. The van der Waals surface area contributed by atoms with E-state index in [1.807, 2.05) is 6.92 Å².